The molecule has 21 heavy (non-hydrogen) atoms. The van der Waals surface area contributed by atoms with Crippen LogP contribution in [0, 0.1) is 0 Å². The molecular formula is C17H18ClNO2. The third-order valence-corrected chi connectivity index (χ3v) is 3.68. The molecule has 0 aliphatic carbocycles. The summed E-state index contributed by atoms with van der Waals surface area (Å²) >= 11 is 6.16. The molecule has 0 aliphatic heterocycles. The highest BCUT2D eigenvalue weighted by molar-refractivity contribution is 6.33. The molecule has 0 saturated carbocycles. The molecule has 0 amide bonds. The van der Waals surface area contributed by atoms with Crippen LogP contribution in [0.1, 0.15) is 28.8 Å². The summed E-state index contributed by atoms with van der Waals surface area (Å²) in [5.41, 5.74) is 2.48. The fourth-order valence-electron chi connectivity index (χ4n) is 2.07. The zero-order chi connectivity index (χ0) is 15.2. The van der Waals surface area contributed by atoms with Crippen molar-refractivity contribution in [2.75, 3.05) is 19.0 Å². The van der Waals surface area contributed by atoms with E-state index in [1.54, 1.807) is 18.2 Å². The van der Waals surface area contributed by atoms with E-state index in [-0.39, 0.29) is 5.97 Å². The summed E-state index contributed by atoms with van der Waals surface area (Å²) in [4.78, 5) is 11.5. The Balaban J connectivity index is 2.07. The van der Waals surface area contributed by atoms with Gasteiger partial charge in [0.1, 0.15) is 0 Å². The molecule has 0 bridgehead atoms. The van der Waals surface area contributed by atoms with Crippen LogP contribution in [0.5, 0.6) is 0 Å². The molecule has 4 heteroatoms. The SMILES string of the molecule is COC(=O)c1ccc(Cl)c(NCC(C)c2ccccc2)c1. The normalized spacial score (nSPS) is 11.8. The monoisotopic (exact) mass is 303 g/mol. The summed E-state index contributed by atoms with van der Waals surface area (Å²) in [6.07, 6.45) is 0. The Bertz CT molecular complexity index is 613. The van der Waals surface area contributed by atoms with Crippen LogP contribution in [0.3, 0.4) is 0 Å². The smallest absolute Gasteiger partial charge is 0.337 e. The molecule has 3 nitrogen and oxygen atoms in total. The van der Waals surface area contributed by atoms with Gasteiger partial charge < -0.3 is 10.1 Å². The fraction of sp³-hybridized carbons (Fsp3) is 0.235. The predicted octanol–water partition coefficient (Wildman–Crippen LogP) is 4.34. The van der Waals surface area contributed by atoms with Gasteiger partial charge in [0, 0.05) is 6.54 Å². The number of carbonyl (C=O) groups is 1. The van der Waals surface area contributed by atoms with E-state index in [1.165, 1.54) is 12.7 Å². The van der Waals surface area contributed by atoms with Crippen molar-refractivity contribution in [2.45, 2.75) is 12.8 Å². The second-order valence-electron chi connectivity index (χ2n) is 4.88. The average molecular weight is 304 g/mol. The molecule has 0 fully saturated rings. The number of hydrogen-bond acceptors (Lipinski definition) is 3. The van der Waals surface area contributed by atoms with Gasteiger partial charge in [0.15, 0.2) is 0 Å². The number of anilines is 1. The van der Waals surface area contributed by atoms with E-state index in [0.717, 1.165) is 12.2 Å². The Morgan fingerprint density at radius 3 is 2.62 bits per heavy atom. The van der Waals surface area contributed by atoms with Crippen molar-refractivity contribution in [1.29, 1.82) is 0 Å². The molecule has 2 aromatic carbocycles. The van der Waals surface area contributed by atoms with Crippen molar-refractivity contribution in [3.8, 4) is 0 Å². The molecule has 1 unspecified atom stereocenters. The number of esters is 1. The Hall–Kier alpha value is -2.00. The Labute approximate surface area is 129 Å². The summed E-state index contributed by atoms with van der Waals surface area (Å²) in [5, 5.41) is 3.88. The molecule has 0 spiro atoms. The maximum absolute atomic E-state index is 11.5. The minimum Gasteiger partial charge on any atom is -0.465 e. The minimum absolute atomic E-state index is 0.337. The van der Waals surface area contributed by atoms with E-state index in [1.807, 2.05) is 18.2 Å². The van der Waals surface area contributed by atoms with Crippen LogP contribution in [0.4, 0.5) is 5.69 Å². The van der Waals surface area contributed by atoms with Crippen molar-refractivity contribution < 1.29 is 9.53 Å². The van der Waals surface area contributed by atoms with Crippen molar-refractivity contribution in [3.63, 3.8) is 0 Å². The van der Waals surface area contributed by atoms with Crippen molar-refractivity contribution in [1.82, 2.24) is 0 Å². The van der Waals surface area contributed by atoms with E-state index in [9.17, 15) is 4.79 Å². The highest BCUT2D eigenvalue weighted by Gasteiger charge is 2.10. The zero-order valence-electron chi connectivity index (χ0n) is 12.1. The Morgan fingerprint density at radius 2 is 1.95 bits per heavy atom. The number of halogens is 1. The summed E-state index contributed by atoms with van der Waals surface area (Å²) in [6.45, 7) is 2.87. The second kappa shape index (κ2) is 7.14. The topological polar surface area (TPSA) is 38.3 Å². The summed E-state index contributed by atoms with van der Waals surface area (Å²) in [7, 11) is 1.36. The fourth-order valence-corrected chi connectivity index (χ4v) is 2.25. The Morgan fingerprint density at radius 1 is 1.24 bits per heavy atom. The second-order valence-corrected chi connectivity index (χ2v) is 5.29. The van der Waals surface area contributed by atoms with Crippen LogP contribution < -0.4 is 5.32 Å². The van der Waals surface area contributed by atoms with E-state index in [2.05, 4.69) is 24.4 Å². The van der Waals surface area contributed by atoms with E-state index in [0.29, 0.717) is 16.5 Å². The highest BCUT2D eigenvalue weighted by atomic mass is 35.5. The number of nitrogens with one attached hydrogen (secondary N) is 1. The predicted molar refractivity (Wildman–Crippen MR) is 86.1 cm³/mol. The maximum Gasteiger partial charge on any atom is 0.337 e. The van der Waals surface area contributed by atoms with E-state index >= 15 is 0 Å². The number of methoxy groups -OCH3 is 1. The quantitative estimate of drug-likeness (QED) is 0.835. The number of carbonyl (C=O) groups excluding carboxylic acids is 1. The first-order valence-electron chi connectivity index (χ1n) is 6.78. The zero-order valence-corrected chi connectivity index (χ0v) is 12.9. The maximum atomic E-state index is 11.5. The summed E-state index contributed by atoms with van der Waals surface area (Å²) < 4.78 is 4.72. The van der Waals surface area contributed by atoms with Crippen LogP contribution in [0.15, 0.2) is 48.5 Å². The average Bonchev–Trinajstić information content (AvgIpc) is 2.53. The van der Waals surface area contributed by atoms with Crippen molar-refractivity contribution in [3.05, 3.63) is 64.7 Å². The van der Waals surface area contributed by atoms with Gasteiger partial charge >= 0.3 is 5.97 Å². The van der Waals surface area contributed by atoms with Crippen LogP contribution in [0.25, 0.3) is 0 Å². The molecule has 0 heterocycles. The molecule has 110 valence electrons. The lowest BCUT2D eigenvalue weighted by molar-refractivity contribution is 0.0601. The number of ether oxygens (including phenoxy) is 1. The van der Waals surface area contributed by atoms with Crippen LogP contribution in [-0.4, -0.2) is 19.6 Å². The van der Waals surface area contributed by atoms with Crippen molar-refractivity contribution in [2.24, 2.45) is 0 Å². The molecule has 0 aromatic heterocycles. The van der Waals surface area contributed by atoms with Gasteiger partial charge in [-0.05, 0) is 29.7 Å². The van der Waals surface area contributed by atoms with Gasteiger partial charge in [-0.2, -0.15) is 0 Å². The molecule has 0 saturated heterocycles. The number of benzene rings is 2. The van der Waals surface area contributed by atoms with Gasteiger partial charge in [0.25, 0.3) is 0 Å². The first kappa shape index (κ1) is 15.4. The summed E-state index contributed by atoms with van der Waals surface area (Å²) in [5.74, 6) is -0.0325. The highest BCUT2D eigenvalue weighted by Crippen LogP contribution is 2.25. The first-order valence-corrected chi connectivity index (χ1v) is 7.16. The van der Waals surface area contributed by atoms with Gasteiger partial charge in [-0.15, -0.1) is 0 Å². The van der Waals surface area contributed by atoms with Gasteiger partial charge in [-0.3, -0.25) is 0 Å². The largest absolute Gasteiger partial charge is 0.465 e. The number of hydrogen-bond donors (Lipinski definition) is 1. The van der Waals surface area contributed by atoms with Crippen LogP contribution in [-0.2, 0) is 4.74 Å². The molecule has 2 aromatic rings. The summed E-state index contributed by atoms with van der Waals surface area (Å²) in [6, 6.07) is 15.3. The molecule has 0 radical (unpaired) electrons. The van der Waals surface area contributed by atoms with Gasteiger partial charge in [0.2, 0.25) is 0 Å². The van der Waals surface area contributed by atoms with Gasteiger partial charge in [0.05, 0.1) is 23.4 Å². The number of rotatable bonds is 5. The van der Waals surface area contributed by atoms with Gasteiger partial charge in [-0.25, -0.2) is 4.79 Å². The Kier molecular flexibility index (Phi) is 5.23. The minimum atomic E-state index is -0.370. The van der Waals surface area contributed by atoms with Crippen molar-refractivity contribution >= 4 is 23.3 Å². The third-order valence-electron chi connectivity index (χ3n) is 3.35. The van der Waals surface area contributed by atoms with Gasteiger partial charge in [-0.1, -0.05) is 48.9 Å². The first-order chi connectivity index (χ1) is 10.1. The lowest BCUT2D eigenvalue weighted by atomic mass is 10.0. The third kappa shape index (κ3) is 3.99. The lowest BCUT2D eigenvalue weighted by Gasteiger charge is -2.15. The molecule has 2 rings (SSSR count). The van der Waals surface area contributed by atoms with E-state index in [4.69, 9.17) is 16.3 Å². The molecule has 0 aliphatic rings. The van der Waals surface area contributed by atoms with Crippen LogP contribution >= 0.6 is 11.6 Å². The standard InChI is InChI=1S/C17H18ClNO2/c1-12(13-6-4-3-5-7-13)11-19-16-10-14(17(20)21-2)8-9-15(16)18/h3-10,12,19H,11H2,1-2H3. The molecule has 1 atom stereocenters. The lowest BCUT2D eigenvalue weighted by Crippen LogP contribution is -2.11. The van der Waals surface area contributed by atoms with Crippen LogP contribution in [0.2, 0.25) is 5.02 Å². The molecule has 1 N–H and O–H groups in total. The van der Waals surface area contributed by atoms with E-state index < -0.39 is 0 Å². The molecular weight excluding hydrogens is 286 g/mol.